The van der Waals surface area contributed by atoms with E-state index in [0.717, 1.165) is 38.4 Å². The van der Waals surface area contributed by atoms with Gasteiger partial charge in [0, 0.05) is 19.6 Å². The van der Waals surface area contributed by atoms with Gasteiger partial charge in [-0.15, -0.1) is 24.0 Å². The molecule has 1 aliphatic rings. The van der Waals surface area contributed by atoms with Crippen molar-refractivity contribution in [1.82, 2.24) is 20.9 Å². The summed E-state index contributed by atoms with van der Waals surface area (Å²) in [6, 6.07) is 0. The van der Waals surface area contributed by atoms with Gasteiger partial charge < -0.3 is 25.6 Å². The number of ether oxygens (including phenoxy) is 1. The van der Waals surface area contributed by atoms with Crippen LogP contribution in [0.4, 0.5) is 4.79 Å². The van der Waals surface area contributed by atoms with E-state index in [9.17, 15) is 4.79 Å². The van der Waals surface area contributed by atoms with Crippen LogP contribution in [0.3, 0.4) is 0 Å². The van der Waals surface area contributed by atoms with Gasteiger partial charge in [0.05, 0.1) is 12.1 Å². The number of amides is 1. The van der Waals surface area contributed by atoms with Crippen LogP contribution in [0.1, 0.15) is 67.2 Å². The lowest BCUT2D eigenvalue weighted by Crippen LogP contribution is -2.52. The van der Waals surface area contributed by atoms with Crippen LogP contribution in [0.25, 0.3) is 0 Å². The van der Waals surface area contributed by atoms with Crippen LogP contribution in [0, 0.1) is 5.92 Å². The summed E-state index contributed by atoms with van der Waals surface area (Å²) in [5, 5.41) is 9.88. The van der Waals surface area contributed by atoms with Crippen molar-refractivity contribution in [2.24, 2.45) is 10.9 Å². The quantitative estimate of drug-likeness (QED) is 0.257. The number of likely N-dealkylation sites (tertiary alicyclic amines) is 1. The van der Waals surface area contributed by atoms with Gasteiger partial charge in [0.1, 0.15) is 5.60 Å². The number of hydrogen-bond acceptors (Lipinski definition) is 4. The molecule has 0 bridgehead atoms. The van der Waals surface area contributed by atoms with Gasteiger partial charge >= 0.3 is 6.09 Å². The van der Waals surface area contributed by atoms with Gasteiger partial charge in [-0.3, -0.25) is 4.99 Å². The molecule has 0 aromatic heterocycles. The van der Waals surface area contributed by atoms with Gasteiger partial charge in [-0.2, -0.15) is 0 Å². The van der Waals surface area contributed by atoms with E-state index in [-0.39, 0.29) is 30.1 Å². The Morgan fingerprint density at radius 2 is 1.83 bits per heavy atom. The molecule has 1 atom stereocenters. The van der Waals surface area contributed by atoms with Gasteiger partial charge in [-0.1, -0.05) is 13.8 Å². The highest BCUT2D eigenvalue weighted by Crippen LogP contribution is 2.18. The molecular formula is C21H44IN5O2. The first-order chi connectivity index (χ1) is 13.1. The zero-order valence-electron chi connectivity index (χ0n) is 19.6. The Hall–Kier alpha value is -0.770. The van der Waals surface area contributed by atoms with Gasteiger partial charge in [0.2, 0.25) is 0 Å². The van der Waals surface area contributed by atoms with E-state index >= 15 is 0 Å². The number of guanidine groups is 1. The molecule has 8 heteroatoms. The molecule has 1 amide bonds. The Kier molecular flexibility index (Phi) is 13.2. The second-order valence-electron chi connectivity index (χ2n) is 8.96. The summed E-state index contributed by atoms with van der Waals surface area (Å²) in [7, 11) is 2.19. The average molecular weight is 526 g/mol. The molecule has 0 saturated carbocycles. The summed E-state index contributed by atoms with van der Waals surface area (Å²) < 4.78 is 5.45. The first-order valence-corrected chi connectivity index (χ1v) is 10.8. The van der Waals surface area contributed by atoms with Crippen LogP contribution in [0.5, 0.6) is 0 Å². The van der Waals surface area contributed by atoms with Gasteiger partial charge in [-0.05, 0) is 72.9 Å². The van der Waals surface area contributed by atoms with Crippen LogP contribution >= 0.6 is 24.0 Å². The number of carbonyl (C=O) groups is 1. The topological polar surface area (TPSA) is 78.0 Å². The molecule has 1 rings (SSSR count). The van der Waals surface area contributed by atoms with E-state index in [1.54, 1.807) is 0 Å². The summed E-state index contributed by atoms with van der Waals surface area (Å²) >= 11 is 0. The van der Waals surface area contributed by atoms with Crippen LogP contribution < -0.4 is 16.0 Å². The Bertz CT molecular complexity index is 504. The fraction of sp³-hybridized carbons (Fsp3) is 0.905. The number of nitrogens with one attached hydrogen (secondary N) is 3. The molecule has 172 valence electrons. The third kappa shape index (κ3) is 11.3. The Morgan fingerprint density at radius 1 is 1.17 bits per heavy atom. The molecule has 1 aliphatic heterocycles. The maximum Gasteiger partial charge on any atom is 0.408 e. The highest BCUT2D eigenvalue weighted by atomic mass is 127. The lowest BCUT2D eigenvalue weighted by atomic mass is 9.93. The van der Waals surface area contributed by atoms with Crippen molar-refractivity contribution in [3.63, 3.8) is 0 Å². The molecule has 0 radical (unpaired) electrons. The molecular weight excluding hydrogens is 481 g/mol. The number of piperidine rings is 1. The Labute approximate surface area is 195 Å². The van der Waals surface area contributed by atoms with Crippen molar-refractivity contribution in [3.05, 3.63) is 0 Å². The van der Waals surface area contributed by atoms with Crippen LogP contribution in [-0.2, 0) is 4.74 Å². The minimum Gasteiger partial charge on any atom is -0.444 e. The monoisotopic (exact) mass is 525 g/mol. The maximum absolute atomic E-state index is 12.3. The maximum atomic E-state index is 12.3. The molecule has 1 fully saturated rings. The molecule has 1 heterocycles. The minimum absolute atomic E-state index is 0. The van der Waals surface area contributed by atoms with E-state index in [4.69, 9.17) is 9.73 Å². The second kappa shape index (κ2) is 13.5. The molecule has 0 aliphatic carbocycles. The molecule has 3 N–H and O–H groups in total. The van der Waals surface area contributed by atoms with Crippen molar-refractivity contribution < 1.29 is 9.53 Å². The van der Waals surface area contributed by atoms with Crippen LogP contribution in [0.15, 0.2) is 4.99 Å². The van der Waals surface area contributed by atoms with E-state index in [1.165, 1.54) is 19.4 Å². The summed E-state index contributed by atoms with van der Waals surface area (Å²) in [4.78, 5) is 19.5. The zero-order valence-corrected chi connectivity index (χ0v) is 21.9. The number of nitrogens with zero attached hydrogens (tertiary/aromatic N) is 2. The van der Waals surface area contributed by atoms with Crippen molar-refractivity contribution in [3.8, 4) is 0 Å². The third-order valence-electron chi connectivity index (χ3n) is 5.28. The smallest absolute Gasteiger partial charge is 0.408 e. The average Bonchev–Trinajstić information content (AvgIpc) is 2.61. The summed E-state index contributed by atoms with van der Waals surface area (Å²) in [6.07, 6.45) is 3.71. The normalized spacial score (nSPS) is 18.6. The molecule has 1 unspecified atom stereocenters. The van der Waals surface area contributed by atoms with E-state index < -0.39 is 11.1 Å². The van der Waals surface area contributed by atoms with Gasteiger partial charge in [0.25, 0.3) is 0 Å². The highest BCUT2D eigenvalue weighted by Gasteiger charge is 2.30. The van der Waals surface area contributed by atoms with Gasteiger partial charge in [-0.25, -0.2) is 4.79 Å². The van der Waals surface area contributed by atoms with Crippen molar-refractivity contribution >= 4 is 36.0 Å². The summed E-state index contributed by atoms with van der Waals surface area (Å²) in [6.45, 7) is 16.4. The molecule has 29 heavy (non-hydrogen) atoms. The number of hydrogen-bond donors (Lipinski definition) is 3. The number of halogens is 1. The zero-order chi connectivity index (χ0) is 21.2. The second-order valence-corrected chi connectivity index (χ2v) is 8.96. The van der Waals surface area contributed by atoms with Crippen molar-refractivity contribution in [2.75, 3.05) is 39.8 Å². The highest BCUT2D eigenvalue weighted by molar-refractivity contribution is 14.0. The van der Waals surface area contributed by atoms with Crippen LogP contribution in [-0.4, -0.2) is 67.9 Å². The Balaban J connectivity index is 0.00000784. The lowest BCUT2D eigenvalue weighted by molar-refractivity contribution is 0.0452. The van der Waals surface area contributed by atoms with Gasteiger partial charge in [0.15, 0.2) is 5.96 Å². The fourth-order valence-electron chi connectivity index (χ4n) is 3.46. The largest absolute Gasteiger partial charge is 0.444 e. The number of alkyl carbamates (subject to hydrolysis) is 1. The Morgan fingerprint density at radius 3 is 2.34 bits per heavy atom. The molecule has 0 aromatic carbocycles. The van der Waals surface area contributed by atoms with E-state index in [0.29, 0.717) is 12.5 Å². The lowest BCUT2D eigenvalue weighted by Gasteiger charge is -2.33. The number of carbonyl (C=O) groups excluding carboxylic acids is 1. The van der Waals surface area contributed by atoms with E-state index in [1.807, 2.05) is 20.8 Å². The molecule has 7 nitrogen and oxygen atoms in total. The first-order valence-electron chi connectivity index (χ1n) is 10.8. The van der Waals surface area contributed by atoms with Crippen molar-refractivity contribution in [2.45, 2.75) is 78.4 Å². The minimum atomic E-state index is -0.510. The fourth-order valence-corrected chi connectivity index (χ4v) is 3.46. The third-order valence-corrected chi connectivity index (χ3v) is 5.28. The first kappa shape index (κ1) is 28.2. The molecule has 1 saturated heterocycles. The summed E-state index contributed by atoms with van der Waals surface area (Å²) in [5.41, 5.74) is -0.917. The molecule has 0 aromatic rings. The number of aliphatic imine (C=N–C) groups is 1. The predicted molar refractivity (Wildman–Crippen MR) is 132 cm³/mol. The van der Waals surface area contributed by atoms with Crippen molar-refractivity contribution in [1.29, 1.82) is 0 Å². The number of rotatable bonds is 8. The van der Waals surface area contributed by atoms with E-state index in [2.05, 4.69) is 48.7 Å². The standard InChI is InChI=1S/C21H43N5O2.HI/c1-8-21(9-2,25-19(27)28-20(4,5)6)16-24-18(22-10-3)23-14-17-12-11-13-26(7)15-17;/h17H,8-16H2,1-7H3,(H,25,27)(H2,22,23,24);1H. The SMILES string of the molecule is CCNC(=NCC(CC)(CC)NC(=O)OC(C)(C)C)NCC1CCCN(C)C1.I. The van der Waals surface area contributed by atoms with Crippen LogP contribution in [0.2, 0.25) is 0 Å². The summed E-state index contributed by atoms with van der Waals surface area (Å²) in [5.74, 6) is 1.46. The molecule has 0 spiro atoms. The predicted octanol–water partition coefficient (Wildman–Crippen LogP) is 3.58.